The first-order valence-electron chi connectivity index (χ1n) is 6.51. The minimum atomic E-state index is -0.488. The van der Waals surface area contributed by atoms with E-state index in [4.69, 9.17) is 0 Å². The summed E-state index contributed by atoms with van der Waals surface area (Å²) in [5.41, 5.74) is 1.86. The molecule has 0 fully saturated rings. The van der Waals surface area contributed by atoms with Crippen LogP contribution in [0.4, 0.5) is 4.39 Å². The number of fused-ring (bicyclic) bond motifs is 1. The van der Waals surface area contributed by atoms with E-state index in [1.54, 1.807) is 6.20 Å². The average molecular weight is 271 g/mol. The lowest BCUT2D eigenvalue weighted by atomic mass is 10.2. The summed E-state index contributed by atoms with van der Waals surface area (Å²) < 4.78 is 16.0. The third-order valence-corrected chi connectivity index (χ3v) is 3.14. The standard InChI is InChI=1S/C15H14FN3O/c1-2-8-19-14(11-6-5-10(20)9-12(11)16)18-13-4-3-7-17-15(13)19/h3-7,9,20H,2,8H2,1H3. The maximum absolute atomic E-state index is 14.1. The molecule has 1 N–H and O–H groups in total. The average Bonchev–Trinajstić information content (AvgIpc) is 2.78. The van der Waals surface area contributed by atoms with Gasteiger partial charge in [-0.1, -0.05) is 6.92 Å². The van der Waals surface area contributed by atoms with Gasteiger partial charge in [-0.25, -0.2) is 14.4 Å². The lowest BCUT2D eigenvalue weighted by molar-refractivity contribution is 0.469. The maximum atomic E-state index is 14.1. The van der Waals surface area contributed by atoms with Crippen LogP contribution in [0.2, 0.25) is 0 Å². The van der Waals surface area contributed by atoms with Gasteiger partial charge in [-0.15, -0.1) is 0 Å². The van der Waals surface area contributed by atoms with E-state index in [0.717, 1.165) is 23.7 Å². The molecule has 5 heteroatoms. The summed E-state index contributed by atoms with van der Waals surface area (Å²) >= 11 is 0. The van der Waals surface area contributed by atoms with E-state index in [1.165, 1.54) is 12.1 Å². The second-order valence-corrected chi connectivity index (χ2v) is 4.60. The number of hydrogen-bond donors (Lipinski definition) is 1. The molecule has 0 bridgehead atoms. The van der Waals surface area contributed by atoms with Gasteiger partial charge >= 0.3 is 0 Å². The number of nitrogens with zero attached hydrogens (tertiary/aromatic N) is 3. The Morgan fingerprint density at radius 2 is 2.15 bits per heavy atom. The van der Waals surface area contributed by atoms with Crippen LogP contribution in [0.1, 0.15) is 13.3 Å². The molecule has 0 aliphatic rings. The molecule has 0 saturated carbocycles. The van der Waals surface area contributed by atoms with Crippen LogP contribution in [0.15, 0.2) is 36.5 Å². The Bertz CT molecular complexity index is 767. The van der Waals surface area contributed by atoms with E-state index in [0.29, 0.717) is 17.9 Å². The fraction of sp³-hybridized carbons (Fsp3) is 0.200. The van der Waals surface area contributed by atoms with Crippen molar-refractivity contribution in [3.05, 3.63) is 42.3 Å². The molecule has 0 atom stereocenters. The Morgan fingerprint density at radius 3 is 2.90 bits per heavy atom. The Labute approximate surface area is 115 Å². The SMILES string of the molecule is CCCn1c(-c2ccc(O)cc2F)nc2cccnc21. The smallest absolute Gasteiger partial charge is 0.160 e. The third kappa shape index (κ3) is 2.01. The van der Waals surface area contributed by atoms with Crippen LogP contribution in [0.25, 0.3) is 22.6 Å². The number of imidazole rings is 1. The van der Waals surface area contributed by atoms with Gasteiger partial charge in [0, 0.05) is 18.8 Å². The summed E-state index contributed by atoms with van der Waals surface area (Å²) in [6.07, 6.45) is 2.60. The molecule has 102 valence electrons. The molecule has 0 aliphatic heterocycles. The predicted octanol–water partition coefficient (Wildman–Crippen LogP) is 3.35. The molecule has 3 rings (SSSR count). The lowest BCUT2D eigenvalue weighted by Crippen LogP contribution is -2.01. The van der Waals surface area contributed by atoms with Crippen LogP contribution in [0, 0.1) is 5.82 Å². The fourth-order valence-electron chi connectivity index (χ4n) is 2.28. The Hall–Kier alpha value is -2.43. The molecule has 3 aromatic rings. The van der Waals surface area contributed by atoms with Crippen molar-refractivity contribution in [2.45, 2.75) is 19.9 Å². The normalized spacial score (nSPS) is 11.1. The first-order chi connectivity index (χ1) is 9.70. The number of pyridine rings is 1. The van der Waals surface area contributed by atoms with E-state index >= 15 is 0 Å². The van der Waals surface area contributed by atoms with Crippen LogP contribution in [0.5, 0.6) is 5.75 Å². The molecular formula is C15H14FN3O. The quantitative estimate of drug-likeness (QED) is 0.794. The maximum Gasteiger partial charge on any atom is 0.160 e. The van der Waals surface area contributed by atoms with Crippen molar-refractivity contribution in [1.29, 1.82) is 0 Å². The summed E-state index contributed by atoms with van der Waals surface area (Å²) in [7, 11) is 0. The number of phenolic OH excluding ortho intramolecular Hbond substituents is 1. The molecule has 0 amide bonds. The zero-order chi connectivity index (χ0) is 14.1. The Balaban J connectivity index is 2.26. The fourth-order valence-corrected chi connectivity index (χ4v) is 2.28. The number of phenols is 1. The molecule has 1 aromatic carbocycles. The molecule has 4 nitrogen and oxygen atoms in total. The van der Waals surface area contributed by atoms with Crippen molar-refractivity contribution in [2.24, 2.45) is 0 Å². The van der Waals surface area contributed by atoms with Crippen LogP contribution in [-0.2, 0) is 6.54 Å². The van der Waals surface area contributed by atoms with Gasteiger partial charge in [0.25, 0.3) is 0 Å². The van der Waals surface area contributed by atoms with Gasteiger partial charge in [-0.2, -0.15) is 0 Å². The zero-order valence-electron chi connectivity index (χ0n) is 11.0. The minimum Gasteiger partial charge on any atom is -0.508 e. The number of halogens is 1. The topological polar surface area (TPSA) is 50.9 Å². The number of benzene rings is 1. The van der Waals surface area contributed by atoms with Gasteiger partial charge in [0.05, 0.1) is 5.56 Å². The highest BCUT2D eigenvalue weighted by Gasteiger charge is 2.16. The zero-order valence-corrected chi connectivity index (χ0v) is 11.0. The number of rotatable bonds is 3. The summed E-state index contributed by atoms with van der Waals surface area (Å²) in [5, 5.41) is 9.32. The molecule has 0 spiro atoms. The van der Waals surface area contributed by atoms with Gasteiger partial charge in [0.1, 0.15) is 22.9 Å². The molecule has 0 saturated heterocycles. The van der Waals surface area contributed by atoms with Crippen LogP contribution >= 0.6 is 0 Å². The Kier molecular flexibility index (Phi) is 3.10. The highest BCUT2D eigenvalue weighted by molar-refractivity contribution is 5.77. The molecule has 0 unspecified atom stereocenters. The van der Waals surface area contributed by atoms with Crippen molar-refractivity contribution < 1.29 is 9.50 Å². The molecular weight excluding hydrogens is 257 g/mol. The minimum absolute atomic E-state index is 0.0949. The first-order valence-corrected chi connectivity index (χ1v) is 6.51. The van der Waals surface area contributed by atoms with Crippen molar-refractivity contribution in [2.75, 3.05) is 0 Å². The monoisotopic (exact) mass is 271 g/mol. The summed E-state index contributed by atoms with van der Waals surface area (Å²) in [6.45, 7) is 2.76. The van der Waals surface area contributed by atoms with E-state index in [-0.39, 0.29) is 5.75 Å². The first kappa shape index (κ1) is 12.6. The van der Waals surface area contributed by atoms with E-state index in [2.05, 4.69) is 9.97 Å². The summed E-state index contributed by atoms with van der Waals surface area (Å²) in [5.74, 6) is -0.0433. The number of aromatic hydroxyl groups is 1. The number of aryl methyl sites for hydroxylation is 1. The van der Waals surface area contributed by atoms with E-state index in [9.17, 15) is 9.50 Å². The molecule has 0 radical (unpaired) electrons. The van der Waals surface area contributed by atoms with Crippen LogP contribution in [0.3, 0.4) is 0 Å². The molecule has 20 heavy (non-hydrogen) atoms. The highest BCUT2D eigenvalue weighted by Crippen LogP contribution is 2.28. The predicted molar refractivity (Wildman–Crippen MR) is 74.9 cm³/mol. The summed E-state index contributed by atoms with van der Waals surface area (Å²) in [6, 6.07) is 7.76. The van der Waals surface area contributed by atoms with Crippen molar-refractivity contribution in [3.63, 3.8) is 0 Å². The largest absolute Gasteiger partial charge is 0.508 e. The van der Waals surface area contributed by atoms with Crippen molar-refractivity contribution in [3.8, 4) is 17.1 Å². The second kappa shape index (κ2) is 4.92. The van der Waals surface area contributed by atoms with Gasteiger partial charge < -0.3 is 9.67 Å². The van der Waals surface area contributed by atoms with Crippen molar-refractivity contribution >= 4 is 11.2 Å². The van der Waals surface area contributed by atoms with Gasteiger partial charge in [0.2, 0.25) is 0 Å². The van der Waals surface area contributed by atoms with Crippen LogP contribution < -0.4 is 0 Å². The Morgan fingerprint density at radius 1 is 1.30 bits per heavy atom. The van der Waals surface area contributed by atoms with E-state index in [1.807, 2.05) is 23.6 Å². The van der Waals surface area contributed by atoms with Gasteiger partial charge in [-0.3, -0.25) is 0 Å². The molecule has 0 aliphatic carbocycles. The van der Waals surface area contributed by atoms with Crippen LogP contribution in [-0.4, -0.2) is 19.6 Å². The number of aromatic nitrogens is 3. The van der Waals surface area contributed by atoms with Crippen molar-refractivity contribution in [1.82, 2.24) is 14.5 Å². The lowest BCUT2D eigenvalue weighted by Gasteiger charge is -2.08. The second-order valence-electron chi connectivity index (χ2n) is 4.60. The number of hydrogen-bond acceptors (Lipinski definition) is 3. The van der Waals surface area contributed by atoms with Gasteiger partial charge in [-0.05, 0) is 30.7 Å². The molecule has 2 heterocycles. The third-order valence-electron chi connectivity index (χ3n) is 3.14. The summed E-state index contributed by atoms with van der Waals surface area (Å²) in [4.78, 5) is 8.79. The highest BCUT2D eigenvalue weighted by atomic mass is 19.1. The van der Waals surface area contributed by atoms with Gasteiger partial charge in [0.15, 0.2) is 5.65 Å². The molecule has 2 aromatic heterocycles. The van der Waals surface area contributed by atoms with E-state index < -0.39 is 5.82 Å².